The molecule has 3 aromatic rings. The summed E-state index contributed by atoms with van der Waals surface area (Å²) in [7, 11) is 0. The van der Waals surface area contributed by atoms with Crippen molar-refractivity contribution in [2.75, 3.05) is 18.4 Å². The summed E-state index contributed by atoms with van der Waals surface area (Å²) in [6, 6.07) is 10.2. The predicted molar refractivity (Wildman–Crippen MR) is 102 cm³/mol. The molecule has 2 aromatic heterocycles. The largest absolute Gasteiger partial charge is 0.324 e. The van der Waals surface area contributed by atoms with Crippen molar-refractivity contribution in [3.05, 3.63) is 58.9 Å². The second kappa shape index (κ2) is 6.44. The van der Waals surface area contributed by atoms with Crippen molar-refractivity contribution in [2.45, 2.75) is 33.1 Å². The van der Waals surface area contributed by atoms with Gasteiger partial charge in [0.2, 0.25) is 0 Å². The van der Waals surface area contributed by atoms with Crippen LogP contribution in [0, 0.1) is 20.8 Å². The maximum absolute atomic E-state index is 12.7. The third-order valence-corrected chi connectivity index (χ3v) is 4.91. The molecule has 1 atom stereocenters. The molecule has 0 bridgehead atoms. The van der Waals surface area contributed by atoms with Crippen molar-refractivity contribution in [3.63, 3.8) is 0 Å². The topological polar surface area (TPSA) is 62.5 Å². The molecule has 1 fully saturated rings. The van der Waals surface area contributed by atoms with Gasteiger partial charge >= 0.3 is 6.03 Å². The molecule has 0 saturated carbocycles. The number of nitrogens with one attached hydrogen (secondary N) is 1. The number of anilines is 1. The number of nitrogens with zero attached hydrogens (tertiary/aromatic N) is 4. The molecule has 6 nitrogen and oxygen atoms in total. The number of aromatic nitrogens is 3. The summed E-state index contributed by atoms with van der Waals surface area (Å²) in [4.78, 5) is 18.9. The first kappa shape index (κ1) is 16.6. The number of rotatable bonds is 2. The predicted octanol–water partition coefficient (Wildman–Crippen LogP) is 3.68. The van der Waals surface area contributed by atoms with Crippen LogP contribution in [0.15, 0.2) is 36.5 Å². The summed E-state index contributed by atoms with van der Waals surface area (Å²) in [5.41, 5.74) is 5.48. The summed E-state index contributed by atoms with van der Waals surface area (Å²) in [6.07, 6.45) is 2.68. The molecule has 0 spiro atoms. The molecule has 6 heteroatoms. The summed E-state index contributed by atoms with van der Waals surface area (Å²) < 4.78 is 1.67. The monoisotopic (exact) mass is 349 g/mol. The van der Waals surface area contributed by atoms with E-state index in [1.54, 1.807) is 16.8 Å². The zero-order valence-electron chi connectivity index (χ0n) is 15.4. The molecule has 26 heavy (non-hydrogen) atoms. The second-order valence-electron chi connectivity index (χ2n) is 7.17. The number of aryl methyl sites for hydroxylation is 3. The van der Waals surface area contributed by atoms with Crippen molar-refractivity contribution in [3.8, 4) is 0 Å². The van der Waals surface area contributed by atoms with Crippen LogP contribution >= 0.6 is 0 Å². The molecule has 3 heterocycles. The van der Waals surface area contributed by atoms with E-state index in [1.165, 1.54) is 16.7 Å². The third-order valence-electron chi connectivity index (χ3n) is 4.91. The van der Waals surface area contributed by atoms with Crippen LogP contribution in [0.2, 0.25) is 0 Å². The van der Waals surface area contributed by atoms with Crippen LogP contribution in [0.4, 0.5) is 10.6 Å². The minimum atomic E-state index is -0.0856. The number of carbonyl (C=O) groups excluding carboxylic acids is 1. The van der Waals surface area contributed by atoms with Crippen LogP contribution in [-0.4, -0.2) is 38.6 Å². The molecule has 0 radical (unpaired) electrons. The smallest absolute Gasteiger partial charge is 0.323 e. The first-order chi connectivity index (χ1) is 12.5. The zero-order chi connectivity index (χ0) is 18.3. The highest BCUT2D eigenvalue weighted by atomic mass is 16.2. The van der Waals surface area contributed by atoms with Crippen LogP contribution in [0.3, 0.4) is 0 Å². The number of amides is 2. The Hall–Kier alpha value is -2.89. The average molecular weight is 349 g/mol. The summed E-state index contributed by atoms with van der Waals surface area (Å²) in [6.45, 7) is 7.65. The maximum Gasteiger partial charge on any atom is 0.323 e. The van der Waals surface area contributed by atoms with E-state index in [0.29, 0.717) is 11.7 Å². The van der Waals surface area contributed by atoms with Gasteiger partial charge in [0.1, 0.15) is 5.82 Å². The van der Waals surface area contributed by atoms with Gasteiger partial charge in [-0.25, -0.2) is 9.78 Å². The van der Waals surface area contributed by atoms with Gasteiger partial charge in [-0.2, -0.15) is 9.61 Å². The molecule has 1 saturated heterocycles. The normalized spacial score (nSPS) is 17.0. The van der Waals surface area contributed by atoms with Crippen molar-refractivity contribution in [1.29, 1.82) is 0 Å². The molecule has 1 N–H and O–H groups in total. The van der Waals surface area contributed by atoms with Crippen molar-refractivity contribution in [2.24, 2.45) is 0 Å². The second-order valence-corrected chi connectivity index (χ2v) is 7.17. The van der Waals surface area contributed by atoms with Crippen LogP contribution in [0.5, 0.6) is 0 Å². The Morgan fingerprint density at radius 2 is 1.92 bits per heavy atom. The van der Waals surface area contributed by atoms with Gasteiger partial charge in [0, 0.05) is 31.3 Å². The molecule has 1 unspecified atom stereocenters. The van der Waals surface area contributed by atoms with E-state index in [9.17, 15) is 4.79 Å². The number of hydrogen-bond acceptors (Lipinski definition) is 3. The fraction of sp³-hybridized carbons (Fsp3) is 0.350. The minimum Gasteiger partial charge on any atom is -0.324 e. The quantitative estimate of drug-likeness (QED) is 0.768. The van der Waals surface area contributed by atoms with Gasteiger partial charge in [0.25, 0.3) is 0 Å². The molecule has 0 aliphatic carbocycles. The Kier molecular flexibility index (Phi) is 4.11. The Morgan fingerprint density at radius 3 is 2.69 bits per heavy atom. The van der Waals surface area contributed by atoms with Crippen LogP contribution in [-0.2, 0) is 0 Å². The van der Waals surface area contributed by atoms with Crippen molar-refractivity contribution < 1.29 is 4.79 Å². The molecule has 1 aromatic carbocycles. The summed E-state index contributed by atoms with van der Waals surface area (Å²) in [5.74, 6) is 1.03. The molecular weight excluding hydrogens is 326 g/mol. The van der Waals surface area contributed by atoms with Crippen molar-refractivity contribution >= 4 is 17.5 Å². The van der Waals surface area contributed by atoms with Gasteiger partial charge in [-0.1, -0.05) is 29.3 Å². The molecule has 4 rings (SSSR count). The van der Waals surface area contributed by atoms with Gasteiger partial charge < -0.3 is 4.90 Å². The maximum atomic E-state index is 12.7. The molecule has 1 aliphatic rings. The van der Waals surface area contributed by atoms with Crippen LogP contribution < -0.4 is 5.32 Å². The molecule has 2 amide bonds. The van der Waals surface area contributed by atoms with Crippen LogP contribution in [0.25, 0.3) is 5.65 Å². The van der Waals surface area contributed by atoms with Gasteiger partial charge in [-0.05, 0) is 38.8 Å². The van der Waals surface area contributed by atoms with Crippen molar-refractivity contribution in [1.82, 2.24) is 19.5 Å². The first-order valence-electron chi connectivity index (χ1n) is 8.95. The van der Waals surface area contributed by atoms with Gasteiger partial charge in [-0.3, -0.25) is 5.32 Å². The first-order valence-corrected chi connectivity index (χ1v) is 8.95. The minimum absolute atomic E-state index is 0.0856. The van der Waals surface area contributed by atoms with E-state index in [4.69, 9.17) is 0 Å². The Balaban J connectivity index is 1.49. The Morgan fingerprint density at radius 1 is 1.15 bits per heavy atom. The van der Waals surface area contributed by atoms with Gasteiger partial charge in [0.15, 0.2) is 5.65 Å². The number of carbonyl (C=O) groups is 1. The van der Waals surface area contributed by atoms with E-state index >= 15 is 0 Å². The number of fused-ring (bicyclic) bond motifs is 1. The van der Waals surface area contributed by atoms with E-state index in [2.05, 4.69) is 47.4 Å². The lowest BCUT2D eigenvalue weighted by atomic mass is 9.95. The number of urea groups is 1. The molecule has 134 valence electrons. The summed E-state index contributed by atoms with van der Waals surface area (Å²) >= 11 is 0. The summed E-state index contributed by atoms with van der Waals surface area (Å²) in [5, 5.41) is 7.38. The lowest BCUT2D eigenvalue weighted by Gasteiger charge is -2.18. The van der Waals surface area contributed by atoms with Gasteiger partial charge in [0.05, 0.1) is 5.69 Å². The van der Waals surface area contributed by atoms with E-state index in [-0.39, 0.29) is 6.03 Å². The van der Waals surface area contributed by atoms with Gasteiger partial charge in [-0.15, -0.1) is 0 Å². The standard InChI is InChI=1S/C20H23N5O/c1-13-8-14(2)10-17(9-13)16-5-7-24(12-16)20(26)22-18-4-6-21-19-11-15(3)23-25(18)19/h4,6,8-11,16H,5,7,12H2,1-3H3,(H,22,26). The average Bonchev–Trinajstić information content (AvgIpc) is 3.20. The number of hydrogen-bond donors (Lipinski definition) is 1. The molecular formula is C20H23N5O. The highest BCUT2D eigenvalue weighted by Gasteiger charge is 2.28. The lowest BCUT2D eigenvalue weighted by molar-refractivity contribution is 0.222. The highest BCUT2D eigenvalue weighted by molar-refractivity contribution is 5.89. The van der Waals surface area contributed by atoms with E-state index in [0.717, 1.165) is 30.9 Å². The van der Waals surface area contributed by atoms with E-state index < -0.39 is 0 Å². The lowest BCUT2D eigenvalue weighted by Crippen LogP contribution is -2.33. The third kappa shape index (κ3) is 3.14. The zero-order valence-corrected chi connectivity index (χ0v) is 15.4. The SMILES string of the molecule is Cc1cc(C)cc(C2CCN(C(=O)Nc3ccnc4cc(C)nn34)C2)c1. The van der Waals surface area contributed by atoms with E-state index in [1.807, 2.05) is 17.9 Å². The highest BCUT2D eigenvalue weighted by Crippen LogP contribution is 2.29. The van der Waals surface area contributed by atoms with Crippen LogP contribution in [0.1, 0.15) is 34.7 Å². The fourth-order valence-electron chi connectivity index (χ4n) is 3.76. The Labute approximate surface area is 152 Å². The fourth-order valence-corrected chi connectivity index (χ4v) is 3.76. The number of benzene rings is 1. The molecule has 1 aliphatic heterocycles. The number of likely N-dealkylation sites (tertiary alicyclic amines) is 1. The Bertz CT molecular complexity index is 957.